The van der Waals surface area contributed by atoms with Gasteiger partial charge in [-0.25, -0.2) is 0 Å². The van der Waals surface area contributed by atoms with E-state index in [1.165, 1.54) is 0 Å². The predicted molar refractivity (Wildman–Crippen MR) is 62.5 cm³/mol. The van der Waals surface area contributed by atoms with Crippen molar-refractivity contribution in [1.29, 1.82) is 0 Å². The van der Waals surface area contributed by atoms with Gasteiger partial charge in [0.2, 0.25) is 0 Å². The topological polar surface area (TPSA) is 49.9 Å². The van der Waals surface area contributed by atoms with E-state index in [1.807, 2.05) is 19.2 Å². The Balaban J connectivity index is 2.11. The summed E-state index contributed by atoms with van der Waals surface area (Å²) in [6.07, 6.45) is 1.87. The first kappa shape index (κ1) is 9.27. The Hall–Kier alpha value is -1.97. The molecule has 4 nitrogen and oxygen atoms in total. The minimum atomic E-state index is 0.685. The summed E-state index contributed by atoms with van der Waals surface area (Å²) in [5.41, 5.74) is 4.58. The maximum atomic E-state index is 5.51. The van der Waals surface area contributed by atoms with E-state index in [-0.39, 0.29) is 0 Å². The van der Waals surface area contributed by atoms with Crippen LogP contribution >= 0.6 is 0 Å². The number of anilines is 1. The molecule has 2 heterocycles. The molecule has 0 fully saturated rings. The van der Waals surface area contributed by atoms with Gasteiger partial charge in [0.1, 0.15) is 5.75 Å². The minimum absolute atomic E-state index is 0.685. The highest BCUT2D eigenvalue weighted by molar-refractivity contribution is 5.82. The lowest BCUT2D eigenvalue weighted by Gasteiger charge is -2.18. The molecule has 0 bridgehead atoms. The molecule has 82 valence electrons. The van der Waals surface area contributed by atoms with Crippen molar-refractivity contribution in [1.82, 2.24) is 10.2 Å². The zero-order valence-electron chi connectivity index (χ0n) is 9.08. The Kier molecular flexibility index (Phi) is 2.06. The number of aromatic nitrogens is 2. The lowest BCUT2D eigenvalue weighted by atomic mass is 10.0. The van der Waals surface area contributed by atoms with Crippen molar-refractivity contribution in [2.24, 2.45) is 0 Å². The van der Waals surface area contributed by atoms with Gasteiger partial charge in [-0.3, -0.25) is 5.10 Å². The number of hydrogen-bond acceptors (Lipinski definition) is 3. The highest BCUT2D eigenvalue weighted by Gasteiger charge is 2.17. The third kappa shape index (κ3) is 1.34. The van der Waals surface area contributed by atoms with Crippen LogP contribution in [0.4, 0.5) is 5.69 Å². The van der Waals surface area contributed by atoms with Crippen molar-refractivity contribution in [2.45, 2.75) is 13.5 Å². The summed E-state index contributed by atoms with van der Waals surface area (Å²) in [6, 6.07) is 6.09. The molecule has 1 aliphatic rings. The molecule has 1 aromatic carbocycles. The number of benzene rings is 1. The third-order valence-electron chi connectivity index (χ3n) is 2.77. The maximum absolute atomic E-state index is 5.51. The van der Waals surface area contributed by atoms with Gasteiger partial charge in [-0.05, 0) is 25.1 Å². The minimum Gasteiger partial charge on any atom is -0.494 e. The van der Waals surface area contributed by atoms with Crippen LogP contribution in [0.15, 0.2) is 24.4 Å². The summed E-state index contributed by atoms with van der Waals surface area (Å²) < 4.78 is 5.51. The molecule has 1 aliphatic heterocycles. The van der Waals surface area contributed by atoms with E-state index in [2.05, 4.69) is 27.6 Å². The van der Waals surface area contributed by atoms with Crippen LogP contribution in [-0.4, -0.2) is 16.8 Å². The molecule has 0 spiro atoms. The average Bonchev–Trinajstić information content (AvgIpc) is 2.78. The first-order valence-electron chi connectivity index (χ1n) is 5.42. The van der Waals surface area contributed by atoms with Gasteiger partial charge >= 0.3 is 0 Å². The smallest absolute Gasteiger partial charge is 0.120 e. The normalized spacial score (nSPS) is 12.6. The largest absolute Gasteiger partial charge is 0.494 e. The predicted octanol–water partition coefficient (Wildman–Crippen LogP) is 2.40. The van der Waals surface area contributed by atoms with Gasteiger partial charge in [0.05, 0.1) is 25.0 Å². The van der Waals surface area contributed by atoms with Crippen molar-refractivity contribution in [3.05, 3.63) is 30.1 Å². The summed E-state index contributed by atoms with van der Waals surface area (Å²) in [4.78, 5) is 0. The number of aromatic amines is 1. The number of nitrogens with zero attached hydrogens (tertiary/aromatic N) is 1. The number of nitrogens with one attached hydrogen (secondary N) is 2. The molecule has 4 heteroatoms. The molecule has 0 saturated heterocycles. The van der Waals surface area contributed by atoms with Crippen molar-refractivity contribution in [2.75, 3.05) is 11.9 Å². The Morgan fingerprint density at radius 2 is 2.31 bits per heavy atom. The number of rotatable bonds is 2. The van der Waals surface area contributed by atoms with Crippen molar-refractivity contribution >= 4 is 5.69 Å². The van der Waals surface area contributed by atoms with Crippen LogP contribution in [0, 0.1) is 0 Å². The standard InChI is InChI=1S/C12H13N3O/c1-2-16-8-3-4-11-9(5-8)10-6-14-15-12(10)7-13-11/h3-6,13H,2,7H2,1H3,(H,14,15). The van der Waals surface area contributed by atoms with Crippen LogP contribution in [0.25, 0.3) is 11.1 Å². The average molecular weight is 215 g/mol. The fraction of sp³-hybridized carbons (Fsp3) is 0.250. The first-order chi connectivity index (χ1) is 7.88. The van der Waals surface area contributed by atoms with Crippen LogP contribution in [0.1, 0.15) is 12.6 Å². The first-order valence-corrected chi connectivity index (χ1v) is 5.42. The van der Waals surface area contributed by atoms with Crippen molar-refractivity contribution < 1.29 is 4.74 Å². The van der Waals surface area contributed by atoms with E-state index in [1.54, 1.807) is 0 Å². The van der Waals surface area contributed by atoms with Crippen LogP contribution in [-0.2, 0) is 6.54 Å². The maximum Gasteiger partial charge on any atom is 0.120 e. The fourth-order valence-corrected chi connectivity index (χ4v) is 2.02. The highest BCUT2D eigenvalue weighted by Crippen LogP contribution is 2.36. The summed E-state index contributed by atoms with van der Waals surface area (Å²) in [6.45, 7) is 3.47. The third-order valence-corrected chi connectivity index (χ3v) is 2.77. The van der Waals surface area contributed by atoms with E-state index in [0.717, 1.165) is 34.8 Å². The summed E-state index contributed by atoms with van der Waals surface area (Å²) >= 11 is 0. The number of H-pyrrole nitrogens is 1. The molecule has 0 amide bonds. The lowest BCUT2D eigenvalue weighted by Crippen LogP contribution is -2.08. The van der Waals surface area contributed by atoms with Gasteiger partial charge < -0.3 is 10.1 Å². The second-order valence-corrected chi connectivity index (χ2v) is 3.76. The zero-order valence-corrected chi connectivity index (χ0v) is 9.08. The van der Waals surface area contributed by atoms with Gasteiger partial charge in [-0.15, -0.1) is 0 Å². The summed E-state index contributed by atoms with van der Waals surface area (Å²) in [5.74, 6) is 0.900. The molecule has 2 aromatic rings. The Bertz CT molecular complexity index is 519. The Labute approximate surface area is 93.6 Å². The SMILES string of the molecule is CCOc1ccc2c(c1)-c1cn[nH]c1CN2. The van der Waals surface area contributed by atoms with E-state index in [4.69, 9.17) is 4.74 Å². The van der Waals surface area contributed by atoms with Crippen LogP contribution < -0.4 is 10.1 Å². The molecular formula is C12H13N3O. The van der Waals surface area contributed by atoms with Gasteiger partial charge in [0, 0.05) is 16.8 Å². The van der Waals surface area contributed by atoms with Crippen LogP contribution in [0.2, 0.25) is 0 Å². The van der Waals surface area contributed by atoms with Gasteiger partial charge in [0.15, 0.2) is 0 Å². The molecule has 3 rings (SSSR count). The van der Waals surface area contributed by atoms with Gasteiger partial charge in [-0.2, -0.15) is 5.10 Å². The van der Waals surface area contributed by atoms with Crippen LogP contribution in [0.3, 0.4) is 0 Å². The zero-order chi connectivity index (χ0) is 11.0. The molecule has 1 aromatic heterocycles. The van der Waals surface area contributed by atoms with E-state index in [9.17, 15) is 0 Å². The lowest BCUT2D eigenvalue weighted by molar-refractivity contribution is 0.340. The second-order valence-electron chi connectivity index (χ2n) is 3.76. The quantitative estimate of drug-likeness (QED) is 0.808. The van der Waals surface area contributed by atoms with Crippen LogP contribution in [0.5, 0.6) is 5.75 Å². The fourth-order valence-electron chi connectivity index (χ4n) is 2.02. The molecular weight excluding hydrogens is 202 g/mol. The molecule has 16 heavy (non-hydrogen) atoms. The van der Waals surface area contributed by atoms with Crippen molar-refractivity contribution in [3.8, 4) is 16.9 Å². The number of ether oxygens (including phenoxy) is 1. The monoisotopic (exact) mass is 215 g/mol. The number of hydrogen-bond donors (Lipinski definition) is 2. The number of fused-ring (bicyclic) bond motifs is 3. The Morgan fingerprint density at radius 1 is 1.38 bits per heavy atom. The molecule has 0 radical (unpaired) electrons. The van der Waals surface area contributed by atoms with Gasteiger partial charge in [0.25, 0.3) is 0 Å². The molecule has 2 N–H and O–H groups in total. The van der Waals surface area contributed by atoms with E-state index in [0.29, 0.717) is 6.61 Å². The van der Waals surface area contributed by atoms with Gasteiger partial charge in [-0.1, -0.05) is 0 Å². The molecule has 0 saturated carbocycles. The van der Waals surface area contributed by atoms with E-state index < -0.39 is 0 Å². The molecule has 0 atom stereocenters. The Morgan fingerprint density at radius 3 is 3.19 bits per heavy atom. The summed E-state index contributed by atoms with van der Waals surface area (Å²) in [7, 11) is 0. The molecule has 0 unspecified atom stereocenters. The highest BCUT2D eigenvalue weighted by atomic mass is 16.5. The summed E-state index contributed by atoms with van der Waals surface area (Å²) in [5, 5.41) is 10.4. The second kappa shape index (κ2) is 3.56. The van der Waals surface area contributed by atoms with Crippen molar-refractivity contribution in [3.63, 3.8) is 0 Å². The van der Waals surface area contributed by atoms with E-state index >= 15 is 0 Å². The molecule has 0 aliphatic carbocycles.